The highest BCUT2D eigenvalue weighted by Gasteiger charge is 2.31. The third-order valence-corrected chi connectivity index (χ3v) is 4.36. The van der Waals surface area contributed by atoms with Gasteiger partial charge >= 0.3 is 0 Å². The van der Waals surface area contributed by atoms with E-state index in [-0.39, 0.29) is 17.7 Å². The van der Waals surface area contributed by atoms with E-state index in [9.17, 15) is 9.59 Å². The number of methoxy groups -OCH3 is 2. The summed E-state index contributed by atoms with van der Waals surface area (Å²) in [6, 6.07) is 6.35. The van der Waals surface area contributed by atoms with E-state index in [4.69, 9.17) is 9.47 Å². The molecule has 25 heavy (non-hydrogen) atoms. The Labute approximate surface area is 148 Å². The Morgan fingerprint density at radius 3 is 2.72 bits per heavy atom. The van der Waals surface area contributed by atoms with Crippen LogP contribution in [0.5, 0.6) is 5.75 Å². The third-order valence-electron chi connectivity index (χ3n) is 4.36. The van der Waals surface area contributed by atoms with Crippen molar-refractivity contribution < 1.29 is 19.1 Å². The highest BCUT2D eigenvalue weighted by Crippen LogP contribution is 2.18. The summed E-state index contributed by atoms with van der Waals surface area (Å²) < 4.78 is 10.1. The molecule has 1 aliphatic rings. The molecule has 0 radical (unpaired) electrons. The molecule has 3 N–H and O–H groups in total. The molecule has 2 rings (SSSR count). The van der Waals surface area contributed by atoms with Gasteiger partial charge in [0.15, 0.2) is 0 Å². The Bertz CT molecular complexity index is 573. The molecule has 0 aromatic heterocycles. The number of hydrogen-bond acceptors (Lipinski definition) is 5. The molecule has 1 atom stereocenters. The molecule has 1 aromatic carbocycles. The van der Waals surface area contributed by atoms with E-state index in [0.717, 1.165) is 25.9 Å². The predicted octanol–water partition coefficient (Wildman–Crippen LogP) is 0.556. The lowest BCUT2D eigenvalue weighted by Gasteiger charge is -2.30. The summed E-state index contributed by atoms with van der Waals surface area (Å²) in [6.07, 6.45) is 1.70. The molecular weight excluding hydrogens is 322 g/mol. The zero-order valence-electron chi connectivity index (χ0n) is 14.8. The lowest BCUT2D eigenvalue weighted by molar-refractivity contribution is -0.124. The molecule has 0 spiro atoms. The van der Waals surface area contributed by atoms with E-state index in [2.05, 4.69) is 16.0 Å². The second-order valence-electron chi connectivity index (χ2n) is 6.05. The normalized spacial score (nSPS) is 16.1. The van der Waals surface area contributed by atoms with Gasteiger partial charge in [0.2, 0.25) is 5.91 Å². The molecule has 7 nitrogen and oxygen atoms in total. The highest BCUT2D eigenvalue weighted by molar-refractivity contribution is 5.97. The molecule has 0 aliphatic carbocycles. The number of hydrogen-bond donors (Lipinski definition) is 3. The van der Waals surface area contributed by atoms with Crippen LogP contribution in [-0.2, 0) is 9.53 Å². The number of benzene rings is 1. The van der Waals surface area contributed by atoms with E-state index in [1.165, 1.54) is 0 Å². The molecule has 1 saturated heterocycles. The van der Waals surface area contributed by atoms with Crippen LogP contribution >= 0.6 is 0 Å². The Kier molecular flexibility index (Phi) is 7.69. The summed E-state index contributed by atoms with van der Waals surface area (Å²) in [4.78, 5) is 25.2. The minimum atomic E-state index is -0.558. The van der Waals surface area contributed by atoms with Crippen molar-refractivity contribution >= 4 is 11.8 Å². The fourth-order valence-corrected chi connectivity index (χ4v) is 2.95. The highest BCUT2D eigenvalue weighted by atomic mass is 16.5. The Hall–Kier alpha value is -2.12. The maximum Gasteiger partial charge on any atom is 0.252 e. The van der Waals surface area contributed by atoms with Gasteiger partial charge in [-0.25, -0.2) is 0 Å². The number of rotatable bonds is 8. The van der Waals surface area contributed by atoms with Crippen LogP contribution in [0.15, 0.2) is 24.3 Å². The lowest BCUT2D eigenvalue weighted by Crippen LogP contribution is -2.53. The van der Waals surface area contributed by atoms with Crippen LogP contribution in [0.2, 0.25) is 0 Å². The minimum Gasteiger partial charge on any atom is -0.497 e. The van der Waals surface area contributed by atoms with Crippen molar-refractivity contribution in [3.8, 4) is 5.75 Å². The number of ether oxygens (including phenoxy) is 2. The van der Waals surface area contributed by atoms with Gasteiger partial charge in [-0.15, -0.1) is 0 Å². The number of carbonyl (C=O) groups excluding carboxylic acids is 2. The van der Waals surface area contributed by atoms with Crippen LogP contribution in [0.4, 0.5) is 0 Å². The summed E-state index contributed by atoms with van der Waals surface area (Å²) in [6.45, 7) is 2.56. The number of amides is 2. The van der Waals surface area contributed by atoms with Gasteiger partial charge in [-0.2, -0.15) is 0 Å². The molecule has 1 heterocycles. The first-order valence-corrected chi connectivity index (χ1v) is 8.58. The Balaban J connectivity index is 2.07. The summed E-state index contributed by atoms with van der Waals surface area (Å²) in [5.41, 5.74) is 0.475. The molecule has 1 aromatic rings. The summed E-state index contributed by atoms with van der Waals surface area (Å²) in [5.74, 6) is 0.276. The van der Waals surface area contributed by atoms with Gasteiger partial charge in [0.1, 0.15) is 11.8 Å². The number of nitrogens with one attached hydrogen (secondary N) is 3. The summed E-state index contributed by atoms with van der Waals surface area (Å²) in [7, 11) is 3.14. The van der Waals surface area contributed by atoms with E-state index in [0.29, 0.717) is 24.5 Å². The maximum atomic E-state index is 12.6. The largest absolute Gasteiger partial charge is 0.497 e. The molecule has 0 saturated carbocycles. The van der Waals surface area contributed by atoms with Gasteiger partial charge in [-0.1, -0.05) is 6.07 Å². The fraction of sp³-hybridized carbons (Fsp3) is 0.556. The van der Waals surface area contributed by atoms with Crippen molar-refractivity contribution in [2.75, 3.05) is 40.5 Å². The average molecular weight is 349 g/mol. The second kappa shape index (κ2) is 10.0. The topological polar surface area (TPSA) is 88.7 Å². The maximum absolute atomic E-state index is 12.6. The van der Waals surface area contributed by atoms with Crippen LogP contribution < -0.4 is 20.7 Å². The van der Waals surface area contributed by atoms with E-state index < -0.39 is 6.04 Å². The van der Waals surface area contributed by atoms with E-state index >= 15 is 0 Å². The monoisotopic (exact) mass is 349 g/mol. The lowest BCUT2D eigenvalue weighted by atomic mass is 9.89. The molecule has 138 valence electrons. The zero-order chi connectivity index (χ0) is 18.1. The van der Waals surface area contributed by atoms with Crippen molar-refractivity contribution in [2.45, 2.75) is 18.9 Å². The van der Waals surface area contributed by atoms with Gasteiger partial charge in [0, 0.05) is 19.2 Å². The summed E-state index contributed by atoms with van der Waals surface area (Å²) >= 11 is 0. The number of piperidine rings is 1. The van der Waals surface area contributed by atoms with Crippen molar-refractivity contribution in [1.29, 1.82) is 0 Å². The third kappa shape index (κ3) is 5.72. The molecule has 7 heteroatoms. The minimum absolute atomic E-state index is 0.110. The van der Waals surface area contributed by atoms with Crippen LogP contribution in [0.25, 0.3) is 0 Å². The van der Waals surface area contributed by atoms with Gasteiger partial charge in [-0.3, -0.25) is 9.59 Å². The Morgan fingerprint density at radius 1 is 1.28 bits per heavy atom. The van der Waals surface area contributed by atoms with Crippen LogP contribution in [0.3, 0.4) is 0 Å². The molecule has 1 aliphatic heterocycles. The SMILES string of the molecule is COCCNC(=O)C(NC(=O)c1cccc(OC)c1)C1CCNCC1. The van der Waals surface area contributed by atoms with Gasteiger partial charge in [-0.05, 0) is 50.0 Å². The van der Waals surface area contributed by atoms with E-state index in [1.54, 1.807) is 38.5 Å². The molecule has 0 bridgehead atoms. The quantitative estimate of drug-likeness (QED) is 0.597. The summed E-state index contributed by atoms with van der Waals surface area (Å²) in [5, 5.41) is 9.02. The smallest absolute Gasteiger partial charge is 0.252 e. The van der Waals surface area contributed by atoms with Gasteiger partial charge in [0.05, 0.1) is 13.7 Å². The standard InChI is InChI=1S/C18H27N3O4/c1-24-11-10-20-18(23)16(13-6-8-19-9-7-13)21-17(22)14-4-3-5-15(12-14)25-2/h3-5,12-13,16,19H,6-11H2,1-2H3,(H,20,23)(H,21,22). The van der Waals surface area contributed by atoms with Gasteiger partial charge < -0.3 is 25.4 Å². The fourth-order valence-electron chi connectivity index (χ4n) is 2.95. The van der Waals surface area contributed by atoms with Crippen LogP contribution in [-0.4, -0.2) is 58.3 Å². The number of carbonyl (C=O) groups is 2. The molecular formula is C18H27N3O4. The second-order valence-corrected chi connectivity index (χ2v) is 6.05. The molecule has 1 fully saturated rings. The van der Waals surface area contributed by atoms with Gasteiger partial charge in [0.25, 0.3) is 5.91 Å². The molecule has 1 unspecified atom stereocenters. The van der Waals surface area contributed by atoms with Crippen LogP contribution in [0, 0.1) is 5.92 Å². The predicted molar refractivity (Wildman–Crippen MR) is 94.7 cm³/mol. The van der Waals surface area contributed by atoms with Crippen LogP contribution in [0.1, 0.15) is 23.2 Å². The first-order valence-electron chi connectivity index (χ1n) is 8.58. The Morgan fingerprint density at radius 2 is 2.04 bits per heavy atom. The van der Waals surface area contributed by atoms with Crippen molar-refractivity contribution in [3.63, 3.8) is 0 Å². The molecule has 2 amide bonds. The van der Waals surface area contributed by atoms with Crippen molar-refractivity contribution in [2.24, 2.45) is 5.92 Å². The van der Waals surface area contributed by atoms with Crippen molar-refractivity contribution in [1.82, 2.24) is 16.0 Å². The first kappa shape index (κ1) is 19.2. The van der Waals surface area contributed by atoms with E-state index in [1.807, 2.05) is 0 Å². The zero-order valence-corrected chi connectivity index (χ0v) is 14.8. The average Bonchev–Trinajstić information content (AvgIpc) is 2.66. The van der Waals surface area contributed by atoms with Crippen molar-refractivity contribution in [3.05, 3.63) is 29.8 Å². The first-order chi connectivity index (χ1) is 12.2.